The molecule has 1 aromatic heterocycles. The molecule has 11 heteroatoms. The zero-order valence-electron chi connectivity index (χ0n) is 16.5. The lowest BCUT2D eigenvalue weighted by Gasteiger charge is -2.33. The molecule has 2 aromatic rings. The number of benzene rings is 1. The number of alkyl halides is 3. The Bertz CT molecular complexity index is 1130. The van der Waals surface area contributed by atoms with Crippen LogP contribution in [0, 0.1) is 0 Å². The molecule has 1 aliphatic carbocycles. The predicted molar refractivity (Wildman–Crippen MR) is 102 cm³/mol. The lowest BCUT2D eigenvalue weighted by atomic mass is 10.1. The minimum absolute atomic E-state index is 0.000617. The summed E-state index contributed by atoms with van der Waals surface area (Å²) in [5.41, 5.74) is 6.10. The van der Waals surface area contributed by atoms with Crippen LogP contribution in [0.4, 0.5) is 22.4 Å². The topological polar surface area (TPSA) is 71.7 Å². The fourth-order valence-corrected chi connectivity index (χ4v) is 3.12. The second kappa shape index (κ2) is 8.84. The molecule has 0 atom stereocenters. The SMILES string of the molecule is O=C(N1CCOCC1)N(Cc1ccc(-c2nnc(C(F)(F)F)o2)cc1)C1=C=C=CC=C1F. The van der Waals surface area contributed by atoms with E-state index >= 15 is 0 Å². The molecule has 1 aliphatic heterocycles. The van der Waals surface area contributed by atoms with Crippen LogP contribution in [0.1, 0.15) is 11.5 Å². The molecular formula is C21H16F4N4O3. The number of ether oxygens (including phenoxy) is 1. The van der Waals surface area contributed by atoms with Crippen molar-refractivity contribution in [2.45, 2.75) is 12.7 Å². The minimum Gasteiger partial charge on any atom is -0.413 e. The molecule has 1 fully saturated rings. The van der Waals surface area contributed by atoms with Crippen molar-refractivity contribution in [2.24, 2.45) is 0 Å². The monoisotopic (exact) mass is 448 g/mol. The van der Waals surface area contributed by atoms with E-state index in [0.29, 0.717) is 31.9 Å². The maximum absolute atomic E-state index is 14.4. The molecule has 0 spiro atoms. The van der Waals surface area contributed by atoms with Gasteiger partial charge in [0.25, 0.3) is 0 Å². The van der Waals surface area contributed by atoms with Crippen molar-refractivity contribution in [1.82, 2.24) is 20.0 Å². The Kier molecular flexibility index (Phi) is 5.96. The molecule has 0 bridgehead atoms. The number of urea groups is 1. The first-order valence-corrected chi connectivity index (χ1v) is 9.55. The van der Waals surface area contributed by atoms with Crippen LogP contribution in [0.2, 0.25) is 0 Å². The van der Waals surface area contributed by atoms with Crippen molar-refractivity contribution in [3.05, 3.63) is 70.9 Å². The van der Waals surface area contributed by atoms with Gasteiger partial charge in [0.15, 0.2) is 5.83 Å². The van der Waals surface area contributed by atoms with Gasteiger partial charge in [-0.2, -0.15) is 13.2 Å². The van der Waals surface area contributed by atoms with Crippen LogP contribution in [0.15, 0.2) is 63.8 Å². The van der Waals surface area contributed by atoms with E-state index in [1.165, 1.54) is 29.2 Å². The molecule has 4 rings (SSSR count). The summed E-state index contributed by atoms with van der Waals surface area (Å²) in [6.07, 6.45) is -2.20. The number of amides is 2. The lowest BCUT2D eigenvalue weighted by molar-refractivity contribution is -0.156. The standard InChI is InChI=1S/C21H16F4N4O3/c22-16-3-1-2-4-17(16)29(20(30)28-9-11-31-12-10-28)13-14-5-7-15(8-6-14)18-26-27-19(32-18)21(23,24)25/h1,3,5-8H,9-13H2. The van der Waals surface area contributed by atoms with E-state index in [2.05, 4.69) is 26.1 Å². The number of rotatable bonds is 4. The number of morpholine rings is 1. The largest absolute Gasteiger partial charge is 0.470 e. The zero-order chi connectivity index (χ0) is 22.7. The Morgan fingerprint density at radius 1 is 1.16 bits per heavy atom. The zero-order valence-corrected chi connectivity index (χ0v) is 16.5. The van der Waals surface area contributed by atoms with Crippen molar-refractivity contribution in [3.63, 3.8) is 0 Å². The number of hydrogen-bond acceptors (Lipinski definition) is 5. The average molecular weight is 448 g/mol. The number of nitrogens with zero attached hydrogens (tertiary/aromatic N) is 4. The Balaban J connectivity index is 1.57. The Morgan fingerprint density at radius 2 is 1.88 bits per heavy atom. The second-order valence-electron chi connectivity index (χ2n) is 6.87. The third kappa shape index (κ3) is 4.65. The number of halogens is 4. The number of carbonyl (C=O) groups is 1. The Morgan fingerprint density at radius 3 is 2.50 bits per heavy atom. The maximum atomic E-state index is 14.4. The van der Waals surface area contributed by atoms with Gasteiger partial charge >= 0.3 is 18.1 Å². The lowest BCUT2D eigenvalue weighted by Crippen LogP contribution is -2.47. The average Bonchev–Trinajstić information content (AvgIpc) is 3.30. The summed E-state index contributed by atoms with van der Waals surface area (Å²) >= 11 is 0. The van der Waals surface area contributed by atoms with Crippen molar-refractivity contribution >= 4 is 6.03 Å². The molecule has 0 radical (unpaired) electrons. The number of hydrogen-bond donors (Lipinski definition) is 0. The van der Waals surface area contributed by atoms with E-state index in [0.717, 1.165) is 0 Å². The summed E-state index contributed by atoms with van der Waals surface area (Å²) in [4.78, 5) is 15.9. The van der Waals surface area contributed by atoms with Gasteiger partial charge in [0, 0.05) is 18.7 Å². The molecule has 1 saturated heterocycles. The molecule has 0 N–H and O–H groups in total. The smallest absolute Gasteiger partial charge is 0.413 e. The number of carbonyl (C=O) groups excluding carboxylic acids is 1. The van der Waals surface area contributed by atoms with Crippen molar-refractivity contribution in [1.29, 1.82) is 0 Å². The summed E-state index contributed by atoms with van der Waals surface area (Å²) in [6.45, 7) is 1.49. The Labute approximate surface area is 179 Å². The van der Waals surface area contributed by atoms with Crippen LogP contribution in [-0.2, 0) is 17.5 Å². The van der Waals surface area contributed by atoms with E-state index in [-0.39, 0.29) is 23.7 Å². The highest BCUT2D eigenvalue weighted by Gasteiger charge is 2.38. The van der Waals surface area contributed by atoms with Crippen molar-refractivity contribution in [2.75, 3.05) is 26.3 Å². The van der Waals surface area contributed by atoms with Crippen LogP contribution in [0.3, 0.4) is 0 Å². The predicted octanol–water partition coefficient (Wildman–Crippen LogP) is 4.07. The molecule has 1 aromatic carbocycles. The van der Waals surface area contributed by atoms with Gasteiger partial charge in [-0.3, -0.25) is 4.90 Å². The number of allylic oxidation sites excluding steroid dienone is 3. The van der Waals surface area contributed by atoms with Crippen molar-refractivity contribution < 1.29 is 31.5 Å². The molecular weight excluding hydrogens is 432 g/mol. The summed E-state index contributed by atoms with van der Waals surface area (Å²) < 4.78 is 62.4. The molecule has 2 heterocycles. The highest BCUT2D eigenvalue weighted by atomic mass is 19.4. The third-order valence-electron chi connectivity index (χ3n) is 4.72. The summed E-state index contributed by atoms with van der Waals surface area (Å²) in [6, 6.07) is 5.71. The van der Waals surface area contributed by atoms with Crippen LogP contribution < -0.4 is 0 Å². The fourth-order valence-electron chi connectivity index (χ4n) is 3.12. The number of aromatic nitrogens is 2. The first-order valence-electron chi connectivity index (χ1n) is 9.55. The summed E-state index contributed by atoms with van der Waals surface area (Å²) in [5.74, 6) is -2.36. The molecule has 7 nitrogen and oxygen atoms in total. The first-order chi connectivity index (χ1) is 15.3. The second-order valence-corrected chi connectivity index (χ2v) is 6.87. The molecule has 2 amide bonds. The van der Waals surface area contributed by atoms with Gasteiger partial charge in [-0.05, 0) is 35.6 Å². The minimum atomic E-state index is -4.74. The van der Waals surface area contributed by atoms with E-state index in [1.54, 1.807) is 17.0 Å². The van der Waals surface area contributed by atoms with Crippen LogP contribution in [0.25, 0.3) is 11.5 Å². The Hall–Kier alpha value is -3.65. The van der Waals surface area contributed by atoms with Gasteiger partial charge in [0.1, 0.15) is 5.70 Å². The third-order valence-corrected chi connectivity index (χ3v) is 4.72. The summed E-state index contributed by atoms with van der Waals surface area (Å²) in [7, 11) is 0. The molecule has 32 heavy (non-hydrogen) atoms. The normalized spacial score (nSPS) is 16.1. The molecule has 0 saturated carbocycles. The molecule has 2 aliphatic rings. The van der Waals surface area contributed by atoms with Gasteiger partial charge in [-0.1, -0.05) is 17.9 Å². The summed E-state index contributed by atoms with van der Waals surface area (Å²) in [5, 5.41) is 6.41. The van der Waals surface area contributed by atoms with Gasteiger partial charge in [-0.25, -0.2) is 9.18 Å². The quantitative estimate of drug-likeness (QED) is 0.521. The van der Waals surface area contributed by atoms with E-state index < -0.39 is 23.9 Å². The van der Waals surface area contributed by atoms with Gasteiger partial charge < -0.3 is 14.1 Å². The van der Waals surface area contributed by atoms with Crippen LogP contribution in [-0.4, -0.2) is 52.3 Å². The van der Waals surface area contributed by atoms with Crippen molar-refractivity contribution in [3.8, 4) is 11.5 Å². The first kappa shape index (κ1) is 21.6. The maximum Gasteiger partial charge on any atom is 0.470 e. The van der Waals surface area contributed by atoms with E-state index in [9.17, 15) is 22.4 Å². The van der Waals surface area contributed by atoms with Gasteiger partial charge in [-0.15, -0.1) is 10.2 Å². The van der Waals surface area contributed by atoms with Crippen LogP contribution >= 0.6 is 0 Å². The van der Waals surface area contributed by atoms with E-state index in [1.807, 2.05) is 0 Å². The molecule has 166 valence electrons. The van der Waals surface area contributed by atoms with Gasteiger partial charge in [0.05, 0.1) is 19.8 Å². The van der Waals surface area contributed by atoms with Gasteiger partial charge in [0.2, 0.25) is 5.89 Å². The fraction of sp³-hybridized carbons (Fsp3) is 0.286. The van der Waals surface area contributed by atoms with Crippen LogP contribution in [0.5, 0.6) is 0 Å². The highest BCUT2D eigenvalue weighted by Crippen LogP contribution is 2.30. The molecule has 0 unspecified atom stereocenters. The highest BCUT2D eigenvalue weighted by molar-refractivity contribution is 5.77. The van der Waals surface area contributed by atoms with E-state index in [4.69, 9.17) is 4.74 Å².